The van der Waals surface area contributed by atoms with Crippen molar-refractivity contribution >= 4 is 44.0 Å². The summed E-state index contributed by atoms with van der Waals surface area (Å²) in [6.07, 6.45) is 2.50. The van der Waals surface area contributed by atoms with Crippen LogP contribution in [0.25, 0.3) is 10.8 Å². The van der Waals surface area contributed by atoms with E-state index < -0.39 is 21.3 Å². The van der Waals surface area contributed by atoms with Crippen LogP contribution in [0.3, 0.4) is 0 Å². The smallest absolute Gasteiger partial charge is 0.265 e. The van der Waals surface area contributed by atoms with E-state index in [2.05, 4.69) is 0 Å². The Hall–Kier alpha value is -1.83. The second kappa shape index (κ2) is 7.19. The standard InChI is InChI=1S/C17H19ClN2O4S/c18-13(17(21)19-22)8-2-1-3-11-20-14-9-4-6-12-7-5-10-15(16(12)14)25(20,23)24/h4-7,9-10,13,22H,1-3,8,11H2,(H,19,21). The van der Waals surface area contributed by atoms with Crippen molar-refractivity contribution in [3.8, 4) is 0 Å². The lowest BCUT2D eigenvalue weighted by molar-refractivity contribution is -0.128. The van der Waals surface area contributed by atoms with E-state index in [0.29, 0.717) is 30.7 Å². The summed E-state index contributed by atoms with van der Waals surface area (Å²) < 4.78 is 27.0. The lowest BCUT2D eigenvalue weighted by atomic mass is 10.1. The number of rotatable bonds is 7. The lowest BCUT2D eigenvalue weighted by Gasteiger charge is -2.18. The van der Waals surface area contributed by atoms with Gasteiger partial charge in [-0.3, -0.25) is 14.3 Å². The van der Waals surface area contributed by atoms with Gasteiger partial charge >= 0.3 is 0 Å². The zero-order chi connectivity index (χ0) is 18.0. The minimum absolute atomic E-state index is 0.362. The van der Waals surface area contributed by atoms with Crippen LogP contribution in [-0.2, 0) is 14.8 Å². The predicted octanol–water partition coefficient (Wildman–Crippen LogP) is 3.02. The lowest BCUT2D eigenvalue weighted by Crippen LogP contribution is -2.29. The molecule has 134 valence electrons. The average Bonchev–Trinajstić information content (AvgIpc) is 2.83. The van der Waals surface area contributed by atoms with Gasteiger partial charge in [-0.1, -0.05) is 37.1 Å². The SMILES string of the molecule is O=C(NO)C(Cl)CCCCCN1c2cccc3cccc(c23)S1(=O)=O. The maximum absolute atomic E-state index is 12.8. The number of carbonyl (C=O) groups excluding carboxylic acids is 1. The van der Waals surface area contributed by atoms with Crippen LogP contribution in [0, 0.1) is 0 Å². The molecule has 0 aromatic heterocycles. The van der Waals surface area contributed by atoms with Gasteiger partial charge in [0.1, 0.15) is 5.38 Å². The molecular formula is C17H19ClN2O4S. The molecule has 2 N–H and O–H groups in total. The fraction of sp³-hybridized carbons (Fsp3) is 0.353. The van der Waals surface area contributed by atoms with E-state index in [0.717, 1.165) is 22.9 Å². The first-order valence-corrected chi connectivity index (χ1v) is 9.97. The number of nitrogens with zero attached hydrogens (tertiary/aromatic N) is 1. The van der Waals surface area contributed by atoms with Crippen molar-refractivity contribution in [1.29, 1.82) is 0 Å². The Morgan fingerprint density at radius 1 is 1.16 bits per heavy atom. The van der Waals surface area contributed by atoms with E-state index in [4.69, 9.17) is 16.8 Å². The maximum Gasteiger partial charge on any atom is 0.265 e. The molecule has 1 atom stereocenters. The molecule has 0 saturated carbocycles. The summed E-state index contributed by atoms with van der Waals surface area (Å²) >= 11 is 5.82. The average molecular weight is 383 g/mol. The molecule has 25 heavy (non-hydrogen) atoms. The Kier molecular flexibility index (Phi) is 5.17. The summed E-state index contributed by atoms with van der Waals surface area (Å²) in [5.74, 6) is -0.620. The molecule has 0 saturated heterocycles. The Labute approximate surface area is 151 Å². The van der Waals surface area contributed by atoms with Crippen LogP contribution in [0.5, 0.6) is 0 Å². The molecule has 1 aliphatic heterocycles. The highest BCUT2D eigenvalue weighted by Crippen LogP contribution is 2.41. The molecule has 0 radical (unpaired) electrons. The molecule has 1 amide bonds. The van der Waals surface area contributed by atoms with Crippen LogP contribution in [0.2, 0.25) is 0 Å². The second-order valence-electron chi connectivity index (χ2n) is 6.00. The fourth-order valence-electron chi connectivity index (χ4n) is 3.16. The van der Waals surface area contributed by atoms with E-state index in [9.17, 15) is 13.2 Å². The molecule has 1 unspecified atom stereocenters. The molecule has 0 bridgehead atoms. The van der Waals surface area contributed by atoms with Gasteiger partial charge in [0.05, 0.1) is 10.6 Å². The summed E-state index contributed by atoms with van der Waals surface area (Å²) in [7, 11) is -3.51. The topological polar surface area (TPSA) is 86.7 Å². The number of halogens is 1. The molecule has 0 aliphatic carbocycles. The number of unbranched alkanes of at least 4 members (excludes halogenated alkanes) is 2. The highest BCUT2D eigenvalue weighted by molar-refractivity contribution is 7.93. The zero-order valence-electron chi connectivity index (χ0n) is 13.5. The van der Waals surface area contributed by atoms with Crippen LogP contribution in [0.1, 0.15) is 25.7 Å². The first-order valence-electron chi connectivity index (χ1n) is 8.09. The number of carbonyl (C=O) groups is 1. The van der Waals surface area contributed by atoms with Crippen molar-refractivity contribution in [2.75, 3.05) is 10.8 Å². The number of sulfonamides is 1. The summed E-state index contributed by atoms with van der Waals surface area (Å²) in [5, 5.41) is 9.43. The zero-order valence-corrected chi connectivity index (χ0v) is 15.1. The maximum atomic E-state index is 12.8. The van der Waals surface area contributed by atoms with E-state index in [1.165, 1.54) is 9.79 Å². The third-order valence-corrected chi connectivity index (χ3v) is 6.67. The van der Waals surface area contributed by atoms with Crippen molar-refractivity contribution in [1.82, 2.24) is 5.48 Å². The second-order valence-corrected chi connectivity index (χ2v) is 8.36. The van der Waals surface area contributed by atoms with Crippen molar-refractivity contribution in [3.63, 3.8) is 0 Å². The highest BCUT2D eigenvalue weighted by Gasteiger charge is 2.34. The predicted molar refractivity (Wildman–Crippen MR) is 96.5 cm³/mol. The molecule has 8 heteroatoms. The number of anilines is 1. The van der Waals surface area contributed by atoms with E-state index in [1.807, 2.05) is 24.3 Å². The van der Waals surface area contributed by atoms with Crippen molar-refractivity contribution < 1.29 is 18.4 Å². The summed E-state index contributed by atoms with van der Waals surface area (Å²) in [6.45, 7) is 0.384. The largest absolute Gasteiger partial charge is 0.289 e. The monoisotopic (exact) mass is 382 g/mol. The first kappa shape index (κ1) is 18.0. The van der Waals surface area contributed by atoms with Crippen LogP contribution >= 0.6 is 11.6 Å². The van der Waals surface area contributed by atoms with E-state index in [-0.39, 0.29) is 0 Å². The van der Waals surface area contributed by atoms with Gasteiger partial charge in [0.15, 0.2) is 0 Å². The molecule has 2 aromatic carbocycles. The Balaban J connectivity index is 1.65. The summed E-state index contributed by atoms with van der Waals surface area (Å²) in [5.41, 5.74) is 2.25. The number of benzene rings is 2. The third-order valence-electron chi connectivity index (χ3n) is 4.39. The molecule has 3 rings (SSSR count). The summed E-state index contributed by atoms with van der Waals surface area (Å²) in [4.78, 5) is 11.5. The molecule has 0 fully saturated rings. The normalized spacial score (nSPS) is 16.2. The molecular weight excluding hydrogens is 364 g/mol. The van der Waals surface area contributed by atoms with Crippen LogP contribution < -0.4 is 9.79 Å². The van der Waals surface area contributed by atoms with Gasteiger partial charge in [0.2, 0.25) is 0 Å². The minimum Gasteiger partial charge on any atom is -0.289 e. The number of hydrogen-bond acceptors (Lipinski definition) is 4. The summed E-state index contributed by atoms with van der Waals surface area (Å²) in [6, 6.07) is 10.9. The van der Waals surface area contributed by atoms with Crippen LogP contribution in [0.4, 0.5) is 5.69 Å². The van der Waals surface area contributed by atoms with Gasteiger partial charge < -0.3 is 0 Å². The highest BCUT2D eigenvalue weighted by atomic mass is 35.5. The quantitative estimate of drug-likeness (QED) is 0.333. The number of hydrogen-bond donors (Lipinski definition) is 2. The Morgan fingerprint density at radius 3 is 2.60 bits per heavy atom. The third kappa shape index (κ3) is 3.31. The Morgan fingerprint density at radius 2 is 1.88 bits per heavy atom. The van der Waals surface area contributed by atoms with Gasteiger partial charge in [-0.2, -0.15) is 0 Å². The van der Waals surface area contributed by atoms with E-state index >= 15 is 0 Å². The molecule has 1 aliphatic rings. The van der Waals surface area contributed by atoms with Gasteiger partial charge in [-0.15, -0.1) is 11.6 Å². The molecule has 2 aromatic rings. The minimum atomic E-state index is -3.51. The van der Waals surface area contributed by atoms with Gasteiger partial charge in [0.25, 0.3) is 15.9 Å². The molecule has 0 spiro atoms. The van der Waals surface area contributed by atoms with Crippen LogP contribution in [0.15, 0.2) is 41.3 Å². The number of nitrogens with one attached hydrogen (secondary N) is 1. The van der Waals surface area contributed by atoms with Crippen molar-refractivity contribution in [2.45, 2.75) is 36.0 Å². The first-order chi connectivity index (χ1) is 12.0. The number of hydroxylamine groups is 1. The van der Waals surface area contributed by atoms with Crippen molar-refractivity contribution in [2.24, 2.45) is 0 Å². The number of amides is 1. The van der Waals surface area contributed by atoms with Crippen molar-refractivity contribution in [3.05, 3.63) is 36.4 Å². The van der Waals surface area contributed by atoms with Gasteiger partial charge in [0, 0.05) is 11.9 Å². The van der Waals surface area contributed by atoms with Gasteiger partial charge in [-0.25, -0.2) is 13.9 Å². The number of alkyl halides is 1. The molecule has 1 heterocycles. The Bertz CT molecular complexity index is 895. The van der Waals surface area contributed by atoms with Crippen LogP contribution in [-0.4, -0.2) is 31.5 Å². The fourth-order valence-corrected chi connectivity index (χ4v) is 5.11. The van der Waals surface area contributed by atoms with Gasteiger partial charge in [-0.05, 0) is 30.4 Å². The molecule has 6 nitrogen and oxygen atoms in total. The van der Waals surface area contributed by atoms with E-state index in [1.54, 1.807) is 12.1 Å².